The first-order valence-corrected chi connectivity index (χ1v) is 8.94. The average Bonchev–Trinajstić information content (AvgIpc) is 2.75. The lowest BCUT2D eigenvalue weighted by molar-refractivity contribution is 0.628. The lowest BCUT2D eigenvalue weighted by Gasteiger charge is -2.12. The Morgan fingerprint density at radius 3 is 2.38 bits per heavy atom. The van der Waals surface area contributed by atoms with E-state index in [-0.39, 0.29) is 5.82 Å². The Balaban J connectivity index is 1.75. The molecule has 0 radical (unpaired) electrons. The van der Waals surface area contributed by atoms with Crippen LogP contribution in [0.5, 0.6) is 0 Å². The van der Waals surface area contributed by atoms with Gasteiger partial charge in [0.05, 0.1) is 16.9 Å². The number of hydrogen-bond donors (Lipinski definition) is 2. The third-order valence-electron chi connectivity index (χ3n) is 4.19. The highest BCUT2D eigenvalue weighted by atomic mass is 19.1. The molecule has 0 aliphatic carbocycles. The largest absolute Gasteiger partial charge is 0.340 e. The summed E-state index contributed by atoms with van der Waals surface area (Å²) < 4.78 is 13.5. The lowest BCUT2D eigenvalue weighted by Crippen LogP contribution is -2.03. The Morgan fingerprint density at radius 2 is 1.59 bits per heavy atom. The second-order valence-corrected chi connectivity index (χ2v) is 6.25. The highest BCUT2D eigenvalue weighted by molar-refractivity contribution is 5.70. The molecule has 1 aromatic heterocycles. The van der Waals surface area contributed by atoms with Gasteiger partial charge in [-0.25, -0.2) is 9.37 Å². The fourth-order valence-electron chi connectivity index (χ4n) is 2.85. The van der Waals surface area contributed by atoms with Gasteiger partial charge in [0.2, 0.25) is 5.95 Å². The molecule has 0 unspecified atom stereocenters. The van der Waals surface area contributed by atoms with Crippen LogP contribution in [0.3, 0.4) is 0 Å². The number of aromatic nitrogens is 2. The predicted molar refractivity (Wildman–Crippen MR) is 112 cm³/mol. The zero-order valence-electron chi connectivity index (χ0n) is 15.3. The molecular formula is C23H16FN5. The van der Waals surface area contributed by atoms with Gasteiger partial charge >= 0.3 is 0 Å². The molecule has 0 spiro atoms. The van der Waals surface area contributed by atoms with Crippen molar-refractivity contribution < 1.29 is 4.39 Å². The van der Waals surface area contributed by atoms with Crippen LogP contribution >= 0.6 is 0 Å². The van der Waals surface area contributed by atoms with Crippen LogP contribution in [0.4, 0.5) is 27.5 Å². The van der Waals surface area contributed by atoms with Crippen LogP contribution in [0.15, 0.2) is 84.9 Å². The summed E-state index contributed by atoms with van der Waals surface area (Å²) in [4.78, 5) is 9.08. The molecular weight excluding hydrogens is 365 g/mol. The summed E-state index contributed by atoms with van der Waals surface area (Å²) >= 11 is 0. The molecule has 0 fully saturated rings. The molecule has 0 aliphatic rings. The van der Waals surface area contributed by atoms with Crippen molar-refractivity contribution in [2.24, 2.45) is 0 Å². The fourth-order valence-corrected chi connectivity index (χ4v) is 2.85. The summed E-state index contributed by atoms with van der Waals surface area (Å²) in [7, 11) is 0. The first-order chi connectivity index (χ1) is 14.2. The average molecular weight is 381 g/mol. The highest BCUT2D eigenvalue weighted by Gasteiger charge is 2.10. The minimum Gasteiger partial charge on any atom is -0.340 e. The molecule has 0 saturated carbocycles. The first kappa shape index (κ1) is 18.1. The zero-order valence-corrected chi connectivity index (χ0v) is 15.3. The SMILES string of the molecule is N#Cc1ccccc1Nc1nc(Nc2cccc(F)c2)cc(-c2ccccc2)n1. The Morgan fingerprint density at radius 1 is 0.793 bits per heavy atom. The molecule has 4 aromatic rings. The van der Waals surface area contributed by atoms with Crippen LogP contribution in [-0.2, 0) is 0 Å². The zero-order chi connectivity index (χ0) is 20.1. The maximum Gasteiger partial charge on any atom is 0.229 e. The second-order valence-electron chi connectivity index (χ2n) is 6.25. The minimum absolute atomic E-state index is 0.327. The molecule has 29 heavy (non-hydrogen) atoms. The summed E-state index contributed by atoms with van der Waals surface area (Å²) in [6, 6.07) is 26.9. The van der Waals surface area contributed by atoms with Crippen LogP contribution in [0.1, 0.15) is 5.56 Å². The van der Waals surface area contributed by atoms with Crippen molar-refractivity contribution in [3.63, 3.8) is 0 Å². The third kappa shape index (κ3) is 4.37. The van der Waals surface area contributed by atoms with E-state index in [0.717, 1.165) is 5.56 Å². The quantitative estimate of drug-likeness (QED) is 0.468. The maximum atomic E-state index is 13.5. The van der Waals surface area contributed by atoms with Crippen molar-refractivity contribution in [3.05, 3.63) is 96.3 Å². The van der Waals surface area contributed by atoms with E-state index in [1.54, 1.807) is 36.4 Å². The Hall–Kier alpha value is -4.24. The van der Waals surface area contributed by atoms with Crippen LogP contribution in [0.25, 0.3) is 11.3 Å². The number of anilines is 4. The van der Waals surface area contributed by atoms with Gasteiger partial charge in [-0.2, -0.15) is 10.2 Å². The fraction of sp³-hybridized carbons (Fsp3) is 0. The van der Waals surface area contributed by atoms with E-state index in [4.69, 9.17) is 0 Å². The topological polar surface area (TPSA) is 73.6 Å². The summed E-state index contributed by atoms with van der Waals surface area (Å²) in [5, 5.41) is 15.6. The molecule has 5 nitrogen and oxygen atoms in total. The van der Waals surface area contributed by atoms with Crippen LogP contribution in [0.2, 0.25) is 0 Å². The van der Waals surface area contributed by atoms with Gasteiger partial charge in [0.15, 0.2) is 0 Å². The molecule has 3 aromatic carbocycles. The molecule has 0 amide bonds. The molecule has 1 heterocycles. The molecule has 0 aliphatic heterocycles. The molecule has 0 bridgehead atoms. The number of hydrogen-bond acceptors (Lipinski definition) is 5. The van der Waals surface area contributed by atoms with Crippen LogP contribution < -0.4 is 10.6 Å². The molecule has 140 valence electrons. The summed E-state index contributed by atoms with van der Waals surface area (Å²) in [5.41, 5.74) is 3.27. The third-order valence-corrected chi connectivity index (χ3v) is 4.19. The summed E-state index contributed by atoms with van der Waals surface area (Å²) in [6.45, 7) is 0. The summed E-state index contributed by atoms with van der Waals surface area (Å²) in [6.07, 6.45) is 0. The van der Waals surface area contributed by atoms with Gasteiger partial charge in [-0.05, 0) is 30.3 Å². The Bertz CT molecular complexity index is 1190. The lowest BCUT2D eigenvalue weighted by atomic mass is 10.1. The van der Waals surface area contributed by atoms with Crippen LogP contribution in [0, 0.1) is 17.1 Å². The Kier molecular flexibility index (Phi) is 5.12. The second kappa shape index (κ2) is 8.19. The van der Waals surface area contributed by atoms with E-state index in [2.05, 4.69) is 26.7 Å². The van der Waals surface area contributed by atoms with E-state index in [1.807, 2.05) is 36.4 Å². The first-order valence-electron chi connectivity index (χ1n) is 8.94. The van der Waals surface area contributed by atoms with Gasteiger partial charge < -0.3 is 10.6 Å². The van der Waals surface area contributed by atoms with Gasteiger partial charge in [-0.15, -0.1) is 0 Å². The van der Waals surface area contributed by atoms with Crippen molar-refractivity contribution in [2.75, 3.05) is 10.6 Å². The predicted octanol–water partition coefficient (Wildman–Crippen LogP) is 5.64. The van der Waals surface area contributed by atoms with E-state index in [1.165, 1.54) is 12.1 Å². The number of nitriles is 1. The number of nitrogens with zero attached hydrogens (tertiary/aromatic N) is 3. The normalized spacial score (nSPS) is 10.2. The monoisotopic (exact) mass is 381 g/mol. The number of para-hydroxylation sites is 1. The molecule has 6 heteroatoms. The van der Waals surface area contributed by atoms with Crippen molar-refractivity contribution in [1.29, 1.82) is 5.26 Å². The van der Waals surface area contributed by atoms with Crippen molar-refractivity contribution in [3.8, 4) is 17.3 Å². The molecule has 0 atom stereocenters. The van der Waals surface area contributed by atoms with Crippen molar-refractivity contribution in [2.45, 2.75) is 0 Å². The van der Waals surface area contributed by atoms with E-state index >= 15 is 0 Å². The van der Waals surface area contributed by atoms with E-state index in [9.17, 15) is 9.65 Å². The van der Waals surface area contributed by atoms with Crippen LogP contribution in [-0.4, -0.2) is 9.97 Å². The highest BCUT2D eigenvalue weighted by Crippen LogP contribution is 2.26. The number of benzene rings is 3. The van der Waals surface area contributed by atoms with Crippen molar-refractivity contribution in [1.82, 2.24) is 9.97 Å². The molecule has 0 saturated heterocycles. The van der Waals surface area contributed by atoms with E-state index < -0.39 is 0 Å². The smallest absolute Gasteiger partial charge is 0.229 e. The van der Waals surface area contributed by atoms with Gasteiger partial charge in [-0.3, -0.25) is 0 Å². The van der Waals surface area contributed by atoms with Gasteiger partial charge in [0, 0.05) is 17.3 Å². The van der Waals surface area contributed by atoms with E-state index in [0.29, 0.717) is 34.4 Å². The standard InChI is InChI=1S/C23H16FN5/c24-18-10-6-11-19(13-18)26-22-14-21(16-7-2-1-3-8-16)28-23(29-22)27-20-12-5-4-9-17(20)15-25/h1-14H,(H2,26,27,28,29). The number of nitrogens with one attached hydrogen (secondary N) is 2. The van der Waals surface area contributed by atoms with Gasteiger partial charge in [0.1, 0.15) is 17.7 Å². The van der Waals surface area contributed by atoms with Crippen molar-refractivity contribution >= 4 is 23.1 Å². The van der Waals surface area contributed by atoms with Gasteiger partial charge in [0.25, 0.3) is 0 Å². The maximum absolute atomic E-state index is 13.5. The number of rotatable bonds is 5. The summed E-state index contributed by atoms with van der Waals surface area (Å²) in [5.74, 6) is 0.489. The Labute approximate surface area is 167 Å². The number of halogens is 1. The minimum atomic E-state index is -0.339. The molecule has 4 rings (SSSR count). The van der Waals surface area contributed by atoms with Gasteiger partial charge in [-0.1, -0.05) is 48.5 Å². The molecule has 2 N–H and O–H groups in total.